The van der Waals surface area contributed by atoms with Crippen molar-refractivity contribution in [1.82, 2.24) is 0 Å². The van der Waals surface area contributed by atoms with E-state index in [-0.39, 0.29) is 29.5 Å². The standard InChI is InChI=1S/ClO2.ClH.Cu/c2-1-3;;/h;1H;/q-1;;+2/p-1. The molecule has 0 spiro atoms. The SMILES string of the molecule is [Cl-].[Cu+2].[O-][Cl+][O-]. The van der Waals surface area contributed by atoms with Gasteiger partial charge in [-0.25, -0.2) is 0 Å². The molecule has 0 aromatic carbocycles. The smallest absolute Gasteiger partial charge is 1.00 e. The Bertz CT molecular complexity index is 7.61. The molecule has 0 aliphatic rings. The molecule has 0 saturated carbocycles. The van der Waals surface area contributed by atoms with E-state index in [1.54, 1.807) is 0 Å². The second kappa shape index (κ2) is 19.9. The van der Waals surface area contributed by atoms with Crippen molar-refractivity contribution in [3.05, 3.63) is 0 Å². The Morgan fingerprint density at radius 2 is 1.20 bits per heavy atom. The molecule has 0 aliphatic carbocycles. The van der Waals surface area contributed by atoms with Crippen LogP contribution in [0.5, 0.6) is 0 Å². The van der Waals surface area contributed by atoms with Gasteiger partial charge in [0, 0.05) is 0 Å². The molecule has 0 aromatic heterocycles. The Labute approximate surface area is 50.5 Å². The van der Waals surface area contributed by atoms with E-state index in [9.17, 15) is 0 Å². The van der Waals surface area contributed by atoms with Gasteiger partial charge in [-0.1, -0.05) is 0 Å². The van der Waals surface area contributed by atoms with Crippen LogP contribution < -0.4 is 21.7 Å². The summed E-state index contributed by atoms with van der Waals surface area (Å²) in [5.41, 5.74) is 0. The van der Waals surface area contributed by atoms with Gasteiger partial charge in [-0.15, -0.1) is 0 Å². The van der Waals surface area contributed by atoms with Crippen LogP contribution in [-0.4, -0.2) is 0 Å². The molecule has 0 aromatic rings. The molecule has 0 heterocycles. The monoisotopic (exact) mass is 165 g/mol. The summed E-state index contributed by atoms with van der Waals surface area (Å²) in [4.78, 5) is 0. The Morgan fingerprint density at radius 3 is 1.20 bits per heavy atom. The molecule has 5 heteroatoms. The first-order valence-corrected chi connectivity index (χ1v) is 0.926. The Hall–Kier alpha value is 1.02. The molecule has 2 nitrogen and oxygen atoms in total. The van der Waals surface area contributed by atoms with Crippen molar-refractivity contribution in [2.75, 3.05) is 0 Å². The molecule has 5 heavy (non-hydrogen) atoms. The van der Waals surface area contributed by atoms with Crippen LogP contribution in [0.15, 0.2) is 0 Å². The third kappa shape index (κ3) is 44.0. The van der Waals surface area contributed by atoms with Gasteiger partial charge in [-0.05, 0) is 0 Å². The van der Waals surface area contributed by atoms with Crippen molar-refractivity contribution in [3.63, 3.8) is 0 Å². The number of halogens is 2. The van der Waals surface area contributed by atoms with Crippen LogP contribution in [0.3, 0.4) is 0 Å². The van der Waals surface area contributed by atoms with Gasteiger partial charge in [0.25, 0.3) is 0 Å². The van der Waals surface area contributed by atoms with E-state index in [0.29, 0.717) is 0 Å². The second-order valence-electron chi connectivity index (χ2n) is 0.0630. The Kier molecular flexibility index (Phi) is 66.2. The predicted octanol–water partition coefficient (Wildman–Crippen LogP) is -5.38. The average molecular weight is 166 g/mol. The van der Waals surface area contributed by atoms with E-state index in [1.807, 2.05) is 0 Å². The van der Waals surface area contributed by atoms with Gasteiger partial charge in [0.2, 0.25) is 0 Å². The van der Waals surface area contributed by atoms with Gasteiger partial charge in [-0.3, -0.25) is 0 Å². The van der Waals surface area contributed by atoms with Crippen LogP contribution in [0.2, 0.25) is 0 Å². The predicted molar refractivity (Wildman–Crippen MR) is 0 cm³/mol. The van der Waals surface area contributed by atoms with Gasteiger partial charge in [0.05, 0.1) is 11.3 Å². The second-order valence-corrected chi connectivity index (χ2v) is 0.189. The van der Waals surface area contributed by atoms with Crippen molar-refractivity contribution >= 4 is 0 Å². The molecular weight excluding hydrogens is 166 g/mol. The minimum absolute atomic E-state index is 0. The molecule has 0 saturated heterocycles. The van der Waals surface area contributed by atoms with Gasteiger partial charge < -0.3 is 21.7 Å². The molecule has 0 atom stereocenters. The third-order valence-electron chi connectivity index (χ3n) is 0. The van der Waals surface area contributed by atoms with E-state index < -0.39 is 11.3 Å². The molecule has 0 rings (SSSR count). The Balaban J connectivity index is -0.0000000200. The molecule has 37 valence electrons. The first-order chi connectivity index (χ1) is 1.41. The zero-order valence-electron chi connectivity index (χ0n) is 1.87. The molecule has 0 bridgehead atoms. The van der Waals surface area contributed by atoms with E-state index in [4.69, 9.17) is 9.32 Å². The van der Waals surface area contributed by atoms with Crippen LogP contribution >= 0.6 is 0 Å². The van der Waals surface area contributed by atoms with Gasteiger partial charge in [0.1, 0.15) is 0 Å². The average Bonchev–Trinajstić information content (AvgIpc) is 0.918. The van der Waals surface area contributed by atoms with E-state index in [1.165, 1.54) is 0 Å². The summed E-state index contributed by atoms with van der Waals surface area (Å²) in [5, 5.41) is 0. The fraction of sp³-hybridized carbons (Fsp3) is 0. The maximum atomic E-state index is 8.24. The minimum Gasteiger partial charge on any atom is -1.00 e. The minimum atomic E-state index is -0.417. The van der Waals surface area contributed by atoms with Crippen LogP contribution in [0.1, 0.15) is 0 Å². The third-order valence-corrected chi connectivity index (χ3v) is 0. The number of hydrogen-bond donors (Lipinski definition) is 0. The molecular formula is Cl2CuO2. The normalized spacial score (nSPS) is 3.60. The van der Waals surface area contributed by atoms with Crippen molar-refractivity contribution < 1.29 is 50.1 Å². The van der Waals surface area contributed by atoms with Crippen molar-refractivity contribution in [2.24, 2.45) is 0 Å². The van der Waals surface area contributed by atoms with E-state index in [2.05, 4.69) is 0 Å². The molecule has 0 N–H and O–H groups in total. The maximum absolute atomic E-state index is 8.24. The van der Waals surface area contributed by atoms with Crippen molar-refractivity contribution in [1.29, 1.82) is 0 Å². The zero-order chi connectivity index (χ0) is 2.71. The van der Waals surface area contributed by atoms with Crippen LogP contribution in [0.25, 0.3) is 0 Å². The fourth-order valence-corrected chi connectivity index (χ4v) is 0. The van der Waals surface area contributed by atoms with Crippen molar-refractivity contribution in [2.45, 2.75) is 0 Å². The first-order valence-electron chi connectivity index (χ1n) is 0.309. The summed E-state index contributed by atoms with van der Waals surface area (Å²) >= 11 is -0.417. The van der Waals surface area contributed by atoms with Gasteiger partial charge >= 0.3 is 17.1 Å². The van der Waals surface area contributed by atoms with E-state index in [0.717, 1.165) is 0 Å². The summed E-state index contributed by atoms with van der Waals surface area (Å²) in [5.74, 6) is 0. The molecule has 0 aliphatic heterocycles. The summed E-state index contributed by atoms with van der Waals surface area (Å²) < 4.78 is 16.5. The molecule has 0 amide bonds. The topological polar surface area (TPSA) is 46.1 Å². The van der Waals surface area contributed by atoms with Gasteiger partial charge in [0.15, 0.2) is 0 Å². The first kappa shape index (κ1) is 16.6. The van der Waals surface area contributed by atoms with Crippen molar-refractivity contribution in [3.8, 4) is 0 Å². The summed E-state index contributed by atoms with van der Waals surface area (Å²) in [6, 6.07) is 0. The molecule has 0 fully saturated rings. The summed E-state index contributed by atoms with van der Waals surface area (Å²) in [7, 11) is 0. The van der Waals surface area contributed by atoms with Crippen LogP contribution in [-0.2, 0) is 17.1 Å². The Morgan fingerprint density at radius 1 is 1.20 bits per heavy atom. The maximum Gasteiger partial charge on any atom is 2.00 e. The molecule has 1 radical (unpaired) electrons. The molecule has 0 unspecified atom stereocenters. The number of hydrogen-bond acceptors (Lipinski definition) is 2. The van der Waals surface area contributed by atoms with Crippen LogP contribution in [0, 0.1) is 11.3 Å². The fourth-order valence-electron chi connectivity index (χ4n) is 0. The largest absolute Gasteiger partial charge is 2.00 e. The van der Waals surface area contributed by atoms with Gasteiger partial charge in [-0.2, -0.15) is 0 Å². The quantitative estimate of drug-likeness (QED) is 0.337. The summed E-state index contributed by atoms with van der Waals surface area (Å²) in [6.45, 7) is 0. The summed E-state index contributed by atoms with van der Waals surface area (Å²) in [6.07, 6.45) is 0. The number of rotatable bonds is 0. The van der Waals surface area contributed by atoms with E-state index >= 15 is 0 Å². The van der Waals surface area contributed by atoms with Crippen LogP contribution in [0.4, 0.5) is 0 Å². The zero-order valence-corrected chi connectivity index (χ0v) is 4.33.